The Morgan fingerprint density at radius 1 is 1.11 bits per heavy atom. The predicted molar refractivity (Wildman–Crippen MR) is 98.6 cm³/mol. The molecule has 0 fully saturated rings. The van der Waals surface area contributed by atoms with Crippen molar-refractivity contribution in [1.82, 2.24) is 9.78 Å². The van der Waals surface area contributed by atoms with Gasteiger partial charge in [0, 0.05) is 6.07 Å². The summed E-state index contributed by atoms with van der Waals surface area (Å²) in [5, 5.41) is 6.67. The fourth-order valence-corrected chi connectivity index (χ4v) is 2.71. The molecule has 0 spiro atoms. The molecule has 8 heteroatoms. The summed E-state index contributed by atoms with van der Waals surface area (Å²) in [5.74, 6) is 0.186. The first-order valence-electron chi connectivity index (χ1n) is 8.47. The normalized spacial score (nSPS) is 11.3. The average Bonchev–Trinajstić information content (AvgIpc) is 3.00. The number of halogens is 3. The van der Waals surface area contributed by atoms with Gasteiger partial charge in [-0.2, -0.15) is 18.3 Å². The summed E-state index contributed by atoms with van der Waals surface area (Å²) in [6.45, 7) is 3.20. The van der Waals surface area contributed by atoms with Gasteiger partial charge in [-0.05, 0) is 37.6 Å². The van der Waals surface area contributed by atoms with E-state index in [0.717, 1.165) is 16.3 Å². The first-order chi connectivity index (χ1) is 13.3. The molecule has 0 bridgehead atoms. The second-order valence-corrected chi connectivity index (χ2v) is 6.20. The van der Waals surface area contributed by atoms with Gasteiger partial charge in [0.2, 0.25) is 0 Å². The van der Waals surface area contributed by atoms with Crippen molar-refractivity contribution in [3.05, 3.63) is 71.4 Å². The molecule has 2 aromatic carbocycles. The molecule has 0 atom stereocenters. The van der Waals surface area contributed by atoms with Crippen LogP contribution >= 0.6 is 0 Å². The van der Waals surface area contributed by atoms with Crippen LogP contribution in [0.2, 0.25) is 0 Å². The summed E-state index contributed by atoms with van der Waals surface area (Å²) < 4.78 is 46.6. The third kappa shape index (κ3) is 4.33. The van der Waals surface area contributed by atoms with E-state index in [1.54, 1.807) is 19.1 Å². The molecule has 1 N–H and O–H groups in total. The molecule has 28 heavy (non-hydrogen) atoms. The second kappa shape index (κ2) is 7.75. The smallest absolute Gasteiger partial charge is 0.418 e. The standard InChI is InChI=1S/C20H18F3N3O2/c1-13-7-3-6-10-17(13)28-12-19(27)24-18-11-14(2)25-26(18)16-9-5-4-8-15(16)20(21,22)23/h3-11H,12H2,1-2H3,(H,24,27). The second-order valence-electron chi connectivity index (χ2n) is 6.20. The lowest BCUT2D eigenvalue weighted by molar-refractivity contribution is -0.137. The van der Waals surface area contributed by atoms with Crippen LogP contribution < -0.4 is 10.1 Å². The minimum absolute atomic E-state index is 0.132. The number of hydrogen-bond donors (Lipinski definition) is 1. The Balaban J connectivity index is 1.82. The predicted octanol–water partition coefficient (Wildman–Crippen LogP) is 4.53. The molecular formula is C20H18F3N3O2. The Bertz CT molecular complexity index is 996. The van der Waals surface area contributed by atoms with Crippen LogP contribution in [0.25, 0.3) is 5.69 Å². The first-order valence-corrected chi connectivity index (χ1v) is 8.47. The van der Waals surface area contributed by atoms with Crippen LogP contribution in [0.5, 0.6) is 5.75 Å². The molecule has 0 saturated carbocycles. The van der Waals surface area contributed by atoms with Crippen LogP contribution in [0.15, 0.2) is 54.6 Å². The molecule has 146 valence electrons. The van der Waals surface area contributed by atoms with Crippen molar-refractivity contribution in [3.8, 4) is 11.4 Å². The number of alkyl halides is 3. The summed E-state index contributed by atoms with van der Waals surface area (Å²) in [4.78, 5) is 12.3. The van der Waals surface area contributed by atoms with Crippen LogP contribution in [0, 0.1) is 13.8 Å². The maximum atomic E-state index is 13.3. The lowest BCUT2D eigenvalue weighted by Crippen LogP contribution is -2.22. The molecular weight excluding hydrogens is 371 g/mol. The van der Waals surface area contributed by atoms with Gasteiger partial charge in [-0.25, -0.2) is 4.68 Å². The van der Waals surface area contributed by atoms with Crippen LogP contribution in [0.1, 0.15) is 16.8 Å². The van der Waals surface area contributed by atoms with E-state index in [4.69, 9.17) is 4.74 Å². The Hall–Kier alpha value is -3.29. The number of benzene rings is 2. The number of hydrogen-bond acceptors (Lipinski definition) is 3. The highest BCUT2D eigenvalue weighted by Crippen LogP contribution is 2.34. The van der Waals surface area contributed by atoms with E-state index in [1.807, 2.05) is 19.1 Å². The number of nitrogens with zero attached hydrogens (tertiary/aromatic N) is 2. The molecule has 0 aliphatic carbocycles. The number of anilines is 1. The van der Waals surface area contributed by atoms with Crippen molar-refractivity contribution >= 4 is 11.7 Å². The molecule has 3 aromatic rings. The number of rotatable bonds is 5. The van der Waals surface area contributed by atoms with Crippen LogP contribution in [-0.4, -0.2) is 22.3 Å². The highest BCUT2D eigenvalue weighted by Gasteiger charge is 2.34. The van der Waals surface area contributed by atoms with Crippen molar-refractivity contribution in [2.45, 2.75) is 20.0 Å². The molecule has 1 amide bonds. The quantitative estimate of drug-likeness (QED) is 0.698. The van der Waals surface area contributed by atoms with Gasteiger partial charge < -0.3 is 10.1 Å². The number of aromatic nitrogens is 2. The first kappa shape index (κ1) is 19.5. The molecule has 5 nitrogen and oxygen atoms in total. The summed E-state index contributed by atoms with van der Waals surface area (Å²) in [6, 6.07) is 13.8. The van der Waals surface area contributed by atoms with Crippen LogP contribution in [0.4, 0.5) is 19.0 Å². The number of amides is 1. The van der Waals surface area contributed by atoms with E-state index in [-0.39, 0.29) is 18.1 Å². The molecule has 0 saturated heterocycles. The molecule has 1 heterocycles. The third-order valence-electron chi connectivity index (χ3n) is 3.99. The number of ether oxygens (including phenoxy) is 1. The van der Waals surface area contributed by atoms with Crippen LogP contribution in [0.3, 0.4) is 0 Å². The minimum Gasteiger partial charge on any atom is -0.483 e. The van der Waals surface area contributed by atoms with E-state index in [9.17, 15) is 18.0 Å². The number of para-hydroxylation sites is 2. The SMILES string of the molecule is Cc1cc(NC(=O)COc2ccccc2C)n(-c2ccccc2C(F)(F)F)n1. The van der Waals surface area contributed by atoms with Gasteiger partial charge in [0.05, 0.1) is 16.9 Å². The number of aryl methyl sites for hydroxylation is 2. The van der Waals surface area contributed by atoms with Gasteiger partial charge in [0.15, 0.2) is 6.61 Å². The maximum absolute atomic E-state index is 13.3. The zero-order valence-corrected chi connectivity index (χ0v) is 15.2. The molecule has 0 radical (unpaired) electrons. The van der Waals surface area contributed by atoms with E-state index in [0.29, 0.717) is 11.4 Å². The van der Waals surface area contributed by atoms with Gasteiger partial charge in [-0.15, -0.1) is 0 Å². The maximum Gasteiger partial charge on any atom is 0.418 e. The molecule has 0 unspecified atom stereocenters. The molecule has 1 aromatic heterocycles. The molecule has 0 aliphatic rings. The summed E-state index contributed by atoms with van der Waals surface area (Å²) in [6.07, 6.45) is -4.55. The van der Waals surface area contributed by atoms with Crippen molar-refractivity contribution in [2.75, 3.05) is 11.9 Å². The fourth-order valence-electron chi connectivity index (χ4n) is 2.71. The van der Waals surface area contributed by atoms with Gasteiger partial charge >= 0.3 is 6.18 Å². The number of carbonyl (C=O) groups excluding carboxylic acids is 1. The van der Waals surface area contributed by atoms with Crippen molar-refractivity contribution in [2.24, 2.45) is 0 Å². The highest BCUT2D eigenvalue weighted by atomic mass is 19.4. The topological polar surface area (TPSA) is 56.1 Å². The van der Waals surface area contributed by atoms with E-state index in [1.165, 1.54) is 24.3 Å². The third-order valence-corrected chi connectivity index (χ3v) is 3.99. The van der Waals surface area contributed by atoms with Gasteiger partial charge in [0.25, 0.3) is 5.91 Å². The zero-order chi connectivity index (χ0) is 20.3. The Kier molecular flexibility index (Phi) is 5.39. The van der Waals surface area contributed by atoms with Crippen LogP contribution in [-0.2, 0) is 11.0 Å². The minimum atomic E-state index is -4.55. The zero-order valence-electron chi connectivity index (χ0n) is 15.2. The summed E-state index contributed by atoms with van der Waals surface area (Å²) in [7, 11) is 0. The summed E-state index contributed by atoms with van der Waals surface area (Å²) in [5.41, 5.74) is 0.324. The van der Waals surface area contributed by atoms with E-state index >= 15 is 0 Å². The van der Waals surface area contributed by atoms with Crippen molar-refractivity contribution in [3.63, 3.8) is 0 Å². The van der Waals surface area contributed by atoms with Gasteiger partial charge in [-0.1, -0.05) is 30.3 Å². The Morgan fingerprint density at radius 2 is 1.79 bits per heavy atom. The largest absolute Gasteiger partial charge is 0.483 e. The molecule has 0 aliphatic heterocycles. The lowest BCUT2D eigenvalue weighted by atomic mass is 10.1. The fraction of sp³-hybridized carbons (Fsp3) is 0.200. The van der Waals surface area contributed by atoms with Gasteiger partial charge in [0.1, 0.15) is 11.6 Å². The van der Waals surface area contributed by atoms with E-state index in [2.05, 4.69) is 10.4 Å². The number of carbonyl (C=O) groups is 1. The van der Waals surface area contributed by atoms with E-state index < -0.39 is 17.6 Å². The molecule has 3 rings (SSSR count). The lowest BCUT2D eigenvalue weighted by Gasteiger charge is -2.15. The highest BCUT2D eigenvalue weighted by molar-refractivity contribution is 5.91. The van der Waals surface area contributed by atoms with Crippen molar-refractivity contribution in [1.29, 1.82) is 0 Å². The average molecular weight is 389 g/mol. The number of nitrogens with one attached hydrogen (secondary N) is 1. The monoisotopic (exact) mass is 389 g/mol. The Morgan fingerprint density at radius 3 is 2.50 bits per heavy atom. The Labute approximate surface area is 159 Å². The van der Waals surface area contributed by atoms with Gasteiger partial charge in [-0.3, -0.25) is 4.79 Å². The van der Waals surface area contributed by atoms with Crippen molar-refractivity contribution < 1.29 is 22.7 Å². The summed E-state index contributed by atoms with van der Waals surface area (Å²) >= 11 is 0.